The molecule has 1 aliphatic carbocycles. The van der Waals surface area contributed by atoms with E-state index in [1.54, 1.807) is 24.4 Å². The first-order valence-corrected chi connectivity index (χ1v) is 10.2. The van der Waals surface area contributed by atoms with Crippen molar-refractivity contribution in [2.24, 2.45) is 0 Å². The van der Waals surface area contributed by atoms with E-state index in [9.17, 15) is 9.59 Å². The second-order valence-corrected chi connectivity index (χ2v) is 8.20. The summed E-state index contributed by atoms with van der Waals surface area (Å²) in [6.07, 6.45) is 6.48. The van der Waals surface area contributed by atoms with Crippen LogP contribution in [0.3, 0.4) is 0 Å². The molecule has 6 heteroatoms. The first-order chi connectivity index (χ1) is 13.5. The van der Waals surface area contributed by atoms with Crippen molar-refractivity contribution in [3.8, 4) is 0 Å². The number of likely N-dealkylation sites (tertiary alicyclic amines) is 1. The van der Waals surface area contributed by atoms with Crippen molar-refractivity contribution in [2.75, 3.05) is 11.9 Å². The maximum atomic E-state index is 12.9. The molecular weight excluding hydrogens is 374 g/mol. The number of nitrogens with zero attached hydrogens (tertiary/aromatic N) is 2. The van der Waals surface area contributed by atoms with Crippen molar-refractivity contribution >= 4 is 29.1 Å². The zero-order valence-corrected chi connectivity index (χ0v) is 16.7. The van der Waals surface area contributed by atoms with Crippen molar-refractivity contribution in [2.45, 2.75) is 50.5 Å². The van der Waals surface area contributed by atoms with Gasteiger partial charge in [-0.15, -0.1) is 0 Å². The molecule has 1 aliphatic heterocycles. The molecule has 2 amide bonds. The van der Waals surface area contributed by atoms with E-state index < -0.39 is 5.41 Å². The summed E-state index contributed by atoms with van der Waals surface area (Å²) in [5.74, 6) is -0.117. The molecular formula is C22H24ClN3O2. The Balaban J connectivity index is 1.49. The van der Waals surface area contributed by atoms with Crippen LogP contribution < -0.4 is 5.32 Å². The SMILES string of the molecule is CC1CCCCN1C(=O)c1ccc(NC(=O)C2(c3ccccn3)CC2)cc1Cl. The molecule has 1 aromatic heterocycles. The Labute approximate surface area is 170 Å². The lowest BCUT2D eigenvalue weighted by molar-refractivity contribution is -0.118. The van der Waals surface area contributed by atoms with Crippen molar-refractivity contribution < 1.29 is 9.59 Å². The summed E-state index contributed by atoms with van der Waals surface area (Å²) in [7, 11) is 0. The summed E-state index contributed by atoms with van der Waals surface area (Å²) in [4.78, 5) is 32.0. The van der Waals surface area contributed by atoms with Crippen molar-refractivity contribution in [1.82, 2.24) is 9.88 Å². The van der Waals surface area contributed by atoms with Crippen LogP contribution in [0.15, 0.2) is 42.6 Å². The number of nitrogens with one attached hydrogen (secondary N) is 1. The Morgan fingerprint density at radius 1 is 1.21 bits per heavy atom. The van der Waals surface area contributed by atoms with Gasteiger partial charge in [0.05, 0.1) is 21.7 Å². The van der Waals surface area contributed by atoms with Gasteiger partial charge in [0.15, 0.2) is 0 Å². The number of amides is 2. The third kappa shape index (κ3) is 3.51. The van der Waals surface area contributed by atoms with Gasteiger partial charge < -0.3 is 10.2 Å². The molecule has 1 saturated heterocycles. The summed E-state index contributed by atoms with van der Waals surface area (Å²) in [5.41, 5.74) is 1.33. The Kier molecular flexibility index (Phi) is 5.11. The summed E-state index contributed by atoms with van der Waals surface area (Å²) in [6, 6.07) is 11.0. The number of hydrogen-bond acceptors (Lipinski definition) is 3. The molecule has 1 atom stereocenters. The van der Waals surface area contributed by atoms with Crippen LogP contribution in [0, 0.1) is 0 Å². The first-order valence-electron chi connectivity index (χ1n) is 9.85. The largest absolute Gasteiger partial charge is 0.336 e. The third-order valence-corrected chi connectivity index (χ3v) is 6.17. The van der Waals surface area contributed by atoms with Crippen molar-refractivity contribution in [1.29, 1.82) is 0 Å². The highest BCUT2D eigenvalue weighted by atomic mass is 35.5. The molecule has 5 nitrogen and oxygen atoms in total. The van der Waals surface area contributed by atoms with Gasteiger partial charge in [0.1, 0.15) is 0 Å². The minimum absolute atomic E-state index is 0.0396. The average Bonchev–Trinajstić information content (AvgIpc) is 3.51. The highest BCUT2D eigenvalue weighted by Gasteiger charge is 2.52. The second-order valence-electron chi connectivity index (χ2n) is 7.79. The van der Waals surface area contributed by atoms with E-state index in [0.717, 1.165) is 44.3 Å². The van der Waals surface area contributed by atoms with Gasteiger partial charge in [-0.1, -0.05) is 17.7 Å². The van der Waals surface area contributed by atoms with Gasteiger partial charge in [-0.05, 0) is 69.4 Å². The number of carbonyl (C=O) groups excluding carboxylic acids is 2. The molecule has 1 saturated carbocycles. The molecule has 2 aliphatic rings. The van der Waals surface area contributed by atoms with E-state index in [2.05, 4.69) is 17.2 Å². The molecule has 1 unspecified atom stereocenters. The summed E-state index contributed by atoms with van der Waals surface area (Å²) < 4.78 is 0. The van der Waals surface area contributed by atoms with Crippen LogP contribution in [0.2, 0.25) is 5.02 Å². The fraction of sp³-hybridized carbons (Fsp3) is 0.409. The van der Waals surface area contributed by atoms with Gasteiger partial charge in [0, 0.05) is 24.5 Å². The predicted molar refractivity (Wildman–Crippen MR) is 110 cm³/mol. The second kappa shape index (κ2) is 7.55. The van der Waals surface area contributed by atoms with E-state index in [-0.39, 0.29) is 17.9 Å². The van der Waals surface area contributed by atoms with E-state index in [0.29, 0.717) is 16.3 Å². The lowest BCUT2D eigenvalue weighted by Gasteiger charge is -2.33. The fourth-order valence-corrected chi connectivity index (χ4v) is 4.20. The number of piperidine rings is 1. The summed E-state index contributed by atoms with van der Waals surface area (Å²) in [5, 5.41) is 3.31. The Morgan fingerprint density at radius 3 is 2.68 bits per heavy atom. The molecule has 146 valence electrons. The van der Waals surface area contributed by atoms with Crippen LogP contribution in [0.5, 0.6) is 0 Å². The zero-order chi connectivity index (χ0) is 19.7. The molecule has 4 rings (SSSR count). The lowest BCUT2D eigenvalue weighted by atomic mass is 10.00. The lowest BCUT2D eigenvalue weighted by Crippen LogP contribution is -2.42. The first kappa shape index (κ1) is 18.9. The molecule has 1 N–H and O–H groups in total. The van der Waals surface area contributed by atoms with E-state index in [1.807, 2.05) is 23.1 Å². The molecule has 28 heavy (non-hydrogen) atoms. The fourth-order valence-electron chi connectivity index (χ4n) is 3.94. The average molecular weight is 398 g/mol. The number of halogens is 1. The van der Waals surface area contributed by atoms with Crippen LogP contribution in [0.4, 0.5) is 5.69 Å². The van der Waals surface area contributed by atoms with E-state index in [4.69, 9.17) is 11.6 Å². The summed E-state index contributed by atoms with van der Waals surface area (Å²) in [6.45, 7) is 2.84. The van der Waals surface area contributed by atoms with Crippen molar-refractivity contribution in [3.05, 3.63) is 58.9 Å². The van der Waals surface area contributed by atoms with Crippen LogP contribution in [0.25, 0.3) is 0 Å². The molecule has 2 aromatic rings. The van der Waals surface area contributed by atoms with Crippen LogP contribution in [-0.2, 0) is 10.2 Å². The van der Waals surface area contributed by atoms with Crippen molar-refractivity contribution in [3.63, 3.8) is 0 Å². The number of anilines is 1. The topological polar surface area (TPSA) is 62.3 Å². The molecule has 0 spiro atoms. The molecule has 2 fully saturated rings. The number of hydrogen-bond donors (Lipinski definition) is 1. The van der Waals surface area contributed by atoms with Gasteiger partial charge in [-0.3, -0.25) is 14.6 Å². The normalized spacial score (nSPS) is 20.5. The third-order valence-electron chi connectivity index (χ3n) is 5.86. The van der Waals surface area contributed by atoms with Gasteiger partial charge in [0.25, 0.3) is 5.91 Å². The highest BCUT2D eigenvalue weighted by molar-refractivity contribution is 6.34. The molecule has 0 bridgehead atoms. The maximum absolute atomic E-state index is 12.9. The van der Waals surface area contributed by atoms with E-state index >= 15 is 0 Å². The minimum atomic E-state index is -0.550. The predicted octanol–water partition coefficient (Wildman–Crippen LogP) is 4.42. The summed E-state index contributed by atoms with van der Waals surface area (Å²) >= 11 is 6.41. The molecule has 1 aromatic carbocycles. The Hall–Kier alpha value is -2.40. The van der Waals surface area contributed by atoms with Gasteiger partial charge in [-0.25, -0.2) is 0 Å². The molecule has 2 heterocycles. The monoisotopic (exact) mass is 397 g/mol. The van der Waals surface area contributed by atoms with Crippen LogP contribution >= 0.6 is 11.6 Å². The maximum Gasteiger partial charge on any atom is 0.255 e. The van der Waals surface area contributed by atoms with Gasteiger partial charge in [-0.2, -0.15) is 0 Å². The highest BCUT2D eigenvalue weighted by Crippen LogP contribution is 2.48. The quantitative estimate of drug-likeness (QED) is 0.830. The molecule has 0 radical (unpaired) electrons. The number of carbonyl (C=O) groups is 2. The van der Waals surface area contributed by atoms with Crippen LogP contribution in [0.1, 0.15) is 55.1 Å². The van der Waals surface area contributed by atoms with Gasteiger partial charge >= 0.3 is 0 Å². The number of aromatic nitrogens is 1. The number of pyridine rings is 1. The minimum Gasteiger partial charge on any atom is -0.336 e. The van der Waals surface area contributed by atoms with Crippen LogP contribution in [-0.4, -0.2) is 34.3 Å². The Bertz CT molecular complexity index is 896. The standard InChI is InChI=1S/C22H24ClN3O2/c1-15-6-3-5-13-26(15)20(27)17-9-8-16(14-18(17)23)25-21(28)22(10-11-22)19-7-2-4-12-24-19/h2,4,7-9,12,14-15H,3,5-6,10-11,13H2,1H3,(H,25,28). The zero-order valence-electron chi connectivity index (χ0n) is 16.0. The smallest absolute Gasteiger partial charge is 0.255 e. The van der Waals surface area contributed by atoms with Gasteiger partial charge in [0.2, 0.25) is 5.91 Å². The number of rotatable bonds is 4. The Morgan fingerprint density at radius 2 is 2.04 bits per heavy atom. The van der Waals surface area contributed by atoms with E-state index in [1.165, 1.54) is 0 Å². The number of benzene rings is 1.